The second kappa shape index (κ2) is 7.90. The van der Waals surface area contributed by atoms with Crippen LogP contribution in [0.2, 0.25) is 0 Å². The maximum absolute atomic E-state index is 13.0. The largest absolute Gasteiger partial charge is 0.469 e. The predicted molar refractivity (Wildman–Crippen MR) is 117 cm³/mol. The maximum Gasteiger partial charge on any atom is 0.309 e. The Labute approximate surface area is 185 Å². The number of methoxy groups -OCH3 is 2. The number of carbonyl (C=O) groups excluding carboxylic acids is 3. The van der Waals surface area contributed by atoms with Gasteiger partial charge in [0.2, 0.25) is 0 Å². The van der Waals surface area contributed by atoms with E-state index in [4.69, 9.17) is 9.47 Å². The molecular formula is C26H36O5. The van der Waals surface area contributed by atoms with Gasteiger partial charge in [0.05, 0.1) is 20.1 Å². The van der Waals surface area contributed by atoms with Gasteiger partial charge >= 0.3 is 11.9 Å². The first-order chi connectivity index (χ1) is 14.7. The van der Waals surface area contributed by atoms with E-state index in [1.807, 2.05) is 6.08 Å². The molecule has 0 spiro atoms. The second-order valence-electron chi connectivity index (χ2n) is 10.8. The number of esters is 2. The van der Waals surface area contributed by atoms with E-state index >= 15 is 0 Å². The fourth-order valence-corrected chi connectivity index (χ4v) is 7.91. The van der Waals surface area contributed by atoms with Crippen molar-refractivity contribution < 1.29 is 23.9 Å². The second-order valence-corrected chi connectivity index (χ2v) is 10.8. The number of fused-ring (bicyclic) bond motifs is 5. The number of hydrogen-bond acceptors (Lipinski definition) is 5. The van der Waals surface area contributed by atoms with E-state index in [1.54, 1.807) is 0 Å². The predicted octanol–water partition coefficient (Wildman–Crippen LogP) is 4.65. The van der Waals surface area contributed by atoms with Gasteiger partial charge in [0, 0.05) is 12.8 Å². The molecule has 0 amide bonds. The lowest BCUT2D eigenvalue weighted by Gasteiger charge is -2.59. The summed E-state index contributed by atoms with van der Waals surface area (Å²) in [5.74, 6) is 0.868. The first-order valence-electron chi connectivity index (χ1n) is 11.7. The fourth-order valence-electron chi connectivity index (χ4n) is 7.91. The normalized spacial score (nSPS) is 41.5. The van der Waals surface area contributed by atoms with Crippen molar-refractivity contribution in [1.82, 2.24) is 0 Å². The van der Waals surface area contributed by atoms with Crippen LogP contribution in [-0.2, 0) is 23.9 Å². The minimum atomic E-state index is -0.211. The summed E-state index contributed by atoms with van der Waals surface area (Å²) in [5.41, 5.74) is 2.38. The Bertz CT molecular complexity index is 841. The molecule has 0 N–H and O–H groups in total. The fraction of sp³-hybridized carbons (Fsp3) is 0.731. The van der Waals surface area contributed by atoms with E-state index in [0.29, 0.717) is 31.1 Å². The van der Waals surface area contributed by atoms with Crippen LogP contribution in [0.5, 0.6) is 0 Å². The summed E-state index contributed by atoms with van der Waals surface area (Å²) in [6.07, 6.45) is 8.11. The van der Waals surface area contributed by atoms with Crippen molar-refractivity contribution in [1.29, 1.82) is 0 Å². The Morgan fingerprint density at radius 2 is 1.87 bits per heavy atom. The molecule has 0 aliphatic heterocycles. The average Bonchev–Trinajstić information content (AvgIpc) is 3.01. The number of carbonyl (C=O) groups is 3. The van der Waals surface area contributed by atoms with Crippen LogP contribution < -0.4 is 0 Å². The van der Waals surface area contributed by atoms with Crippen molar-refractivity contribution in [2.24, 2.45) is 40.4 Å². The van der Waals surface area contributed by atoms with Crippen LogP contribution in [0.25, 0.3) is 0 Å². The minimum Gasteiger partial charge on any atom is -0.469 e. The highest BCUT2D eigenvalue weighted by molar-refractivity contribution is 5.92. The van der Waals surface area contributed by atoms with Crippen molar-refractivity contribution in [3.63, 3.8) is 0 Å². The van der Waals surface area contributed by atoms with Gasteiger partial charge in [-0.25, -0.2) is 0 Å². The molecule has 3 saturated carbocycles. The highest BCUT2D eigenvalue weighted by atomic mass is 16.5. The summed E-state index contributed by atoms with van der Waals surface area (Å²) < 4.78 is 10.2. The summed E-state index contributed by atoms with van der Waals surface area (Å²) in [6, 6.07) is 0. The third kappa shape index (κ3) is 3.39. The summed E-state index contributed by atoms with van der Waals surface area (Å²) in [7, 11) is 2.91. The zero-order valence-electron chi connectivity index (χ0n) is 19.4. The monoisotopic (exact) mass is 428 g/mol. The standard InChI is InChI=1S/C26H36O5/c1-15-12-21-23-18(24(29)31-5)14-16-13-17(27)8-10-25(16,2)20(23)9-11-26(21,3)19(15)6-7-22(28)30-4/h13,18-21,23H,1,6-12,14H2,2-5H3/t18-,19-,20+,21+,23-,25+,26-/m1/s1. The van der Waals surface area contributed by atoms with Crippen LogP contribution in [0.4, 0.5) is 0 Å². The summed E-state index contributed by atoms with van der Waals surface area (Å²) >= 11 is 0. The first kappa shape index (κ1) is 22.3. The minimum absolute atomic E-state index is 0.0180. The average molecular weight is 429 g/mol. The van der Waals surface area contributed by atoms with Gasteiger partial charge in [0.1, 0.15) is 0 Å². The van der Waals surface area contributed by atoms with E-state index in [9.17, 15) is 14.4 Å². The van der Waals surface area contributed by atoms with Gasteiger partial charge in [-0.05, 0) is 79.1 Å². The van der Waals surface area contributed by atoms with E-state index < -0.39 is 0 Å². The molecule has 170 valence electrons. The van der Waals surface area contributed by atoms with E-state index in [-0.39, 0.29) is 46.3 Å². The highest BCUT2D eigenvalue weighted by Gasteiger charge is 2.63. The molecule has 31 heavy (non-hydrogen) atoms. The van der Waals surface area contributed by atoms with Crippen molar-refractivity contribution in [3.8, 4) is 0 Å². The molecule has 7 atom stereocenters. The Morgan fingerprint density at radius 1 is 1.13 bits per heavy atom. The molecular weight excluding hydrogens is 392 g/mol. The Morgan fingerprint density at radius 3 is 2.55 bits per heavy atom. The van der Waals surface area contributed by atoms with Gasteiger partial charge in [-0.1, -0.05) is 31.6 Å². The van der Waals surface area contributed by atoms with Crippen LogP contribution in [-0.4, -0.2) is 31.9 Å². The molecule has 0 bridgehead atoms. The summed E-state index contributed by atoms with van der Waals surface area (Å²) in [4.78, 5) is 37.0. The summed E-state index contributed by atoms with van der Waals surface area (Å²) in [5, 5.41) is 0. The molecule has 0 unspecified atom stereocenters. The quantitative estimate of drug-likeness (QED) is 0.481. The zero-order chi connectivity index (χ0) is 22.6. The Kier molecular flexibility index (Phi) is 5.68. The molecule has 0 aromatic rings. The van der Waals surface area contributed by atoms with E-state index in [1.165, 1.54) is 19.8 Å². The molecule has 4 aliphatic carbocycles. The lowest BCUT2D eigenvalue weighted by Crippen LogP contribution is -2.55. The smallest absolute Gasteiger partial charge is 0.309 e. The molecule has 3 fully saturated rings. The van der Waals surface area contributed by atoms with Gasteiger partial charge < -0.3 is 9.47 Å². The summed E-state index contributed by atoms with van der Waals surface area (Å²) in [6.45, 7) is 9.09. The van der Waals surface area contributed by atoms with Crippen molar-refractivity contribution in [2.45, 2.75) is 65.2 Å². The lowest BCUT2D eigenvalue weighted by molar-refractivity contribution is -0.158. The molecule has 5 nitrogen and oxygen atoms in total. The van der Waals surface area contributed by atoms with Crippen molar-refractivity contribution in [3.05, 3.63) is 23.8 Å². The first-order valence-corrected chi connectivity index (χ1v) is 11.7. The maximum atomic E-state index is 13.0. The van der Waals surface area contributed by atoms with E-state index in [0.717, 1.165) is 37.7 Å². The molecule has 4 rings (SSSR count). The molecule has 0 heterocycles. The van der Waals surface area contributed by atoms with Gasteiger partial charge in [-0.15, -0.1) is 0 Å². The van der Waals surface area contributed by atoms with Crippen LogP contribution in [0, 0.1) is 40.4 Å². The zero-order valence-corrected chi connectivity index (χ0v) is 19.4. The number of ether oxygens (including phenoxy) is 2. The molecule has 0 aromatic carbocycles. The van der Waals surface area contributed by atoms with Gasteiger partial charge in [-0.3, -0.25) is 14.4 Å². The third-order valence-corrected chi connectivity index (χ3v) is 9.59. The van der Waals surface area contributed by atoms with Crippen molar-refractivity contribution >= 4 is 17.7 Å². The van der Waals surface area contributed by atoms with Crippen molar-refractivity contribution in [2.75, 3.05) is 14.2 Å². The van der Waals surface area contributed by atoms with Gasteiger partial charge in [0.15, 0.2) is 5.78 Å². The number of rotatable bonds is 4. The van der Waals surface area contributed by atoms with E-state index in [2.05, 4.69) is 20.4 Å². The number of allylic oxidation sites excluding steroid dienone is 2. The van der Waals surface area contributed by atoms with Crippen LogP contribution in [0.1, 0.15) is 65.2 Å². The Balaban J connectivity index is 1.70. The molecule has 0 saturated heterocycles. The molecule has 5 heteroatoms. The number of hydrogen-bond donors (Lipinski definition) is 0. The van der Waals surface area contributed by atoms with Crippen LogP contribution in [0.3, 0.4) is 0 Å². The van der Waals surface area contributed by atoms with Crippen LogP contribution >= 0.6 is 0 Å². The third-order valence-electron chi connectivity index (χ3n) is 9.59. The Hall–Kier alpha value is -1.91. The van der Waals surface area contributed by atoms with Gasteiger partial charge in [-0.2, -0.15) is 0 Å². The molecule has 0 aromatic heterocycles. The molecule has 0 radical (unpaired) electrons. The number of ketones is 1. The molecule has 4 aliphatic rings. The van der Waals surface area contributed by atoms with Crippen LogP contribution in [0.15, 0.2) is 23.8 Å². The lowest BCUT2D eigenvalue weighted by atomic mass is 9.44. The topological polar surface area (TPSA) is 69.7 Å². The highest BCUT2D eigenvalue weighted by Crippen LogP contribution is 2.69. The van der Waals surface area contributed by atoms with Gasteiger partial charge in [0.25, 0.3) is 0 Å². The SMILES string of the molecule is C=C1C[C@H]2[C@@H]3[C@H](C(=O)OC)CC4=CC(=O)CC[C@]4(C)[C@H]3CC[C@]2(C)[C@@H]1CCC(=O)OC.